The highest BCUT2D eigenvalue weighted by Crippen LogP contribution is 2.34. The van der Waals surface area contributed by atoms with Crippen molar-refractivity contribution in [3.8, 4) is 22.6 Å². The van der Waals surface area contributed by atoms with Crippen LogP contribution in [0.15, 0.2) is 42.9 Å². The molecular formula is C24H29N7. The van der Waals surface area contributed by atoms with Crippen LogP contribution >= 0.6 is 0 Å². The maximum Gasteiger partial charge on any atom is 0.155 e. The summed E-state index contributed by atoms with van der Waals surface area (Å²) in [6.07, 6.45) is 6.23. The summed E-state index contributed by atoms with van der Waals surface area (Å²) in [7, 11) is 0. The van der Waals surface area contributed by atoms with Crippen LogP contribution in [0.1, 0.15) is 45.1 Å². The summed E-state index contributed by atoms with van der Waals surface area (Å²) in [4.78, 5) is 20.2. The Kier molecular flexibility index (Phi) is 4.85. The topological polar surface area (TPSA) is 75.0 Å². The number of fused-ring (bicyclic) bond motifs is 1. The quantitative estimate of drug-likeness (QED) is 0.502. The van der Waals surface area contributed by atoms with E-state index in [0.29, 0.717) is 0 Å². The molecule has 0 aromatic carbocycles. The summed E-state index contributed by atoms with van der Waals surface area (Å²) >= 11 is 0. The lowest BCUT2D eigenvalue weighted by atomic mass is 10.1. The number of nitrogens with zero attached hydrogens (tertiary/aromatic N) is 6. The number of hydrogen-bond acceptors (Lipinski definition) is 5. The van der Waals surface area contributed by atoms with E-state index in [1.54, 1.807) is 10.8 Å². The highest BCUT2D eigenvalue weighted by atomic mass is 15.3. The molecule has 0 aliphatic heterocycles. The van der Waals surface area contributed by atoms with Gasteiger partial charge in [-0.1, -0.05) is 6.07 Å². The molecule has 0 saturated heterocycles. The normalized spacial score (nSPS) is 14.6. The largest absolute Gasteiger partial charge is 0.339 e. The molecule has 1 fully saturated rings. The van der Waals surface area contributed by atoms with Gasteiger partial charge < -0.3 is 4.98 Å². The van der Waals surface area contributed by atoms with Crippen molar-refractivity contribution in [3.05, 3.63) is 54.4 Å². The number of H-pyrrole nitrogens is 1. The van der Waals surface area contributed by atoms with Gasteiger partial charge in [0.25, 0.3) is 0 Å². The molecule has 5 rings (SSSR count). The molecule has 1 aliphatic carbocycles. The van der Waals surface area contributed by atoms with E-state index in [2.05, 4.69) is 46.8 Å². The first-order chi connectivity index (χ1) is 14.9. The fraction of sp³-hybridized carbons (Fsp3) is 0.417. The van der Waals surface area contributed by atoms with Gasteiger partial charge in [0, 0.05) is 29.5 Å². The van der Waals surface area contributed by atoms with Crippen molar-refractivity contribution >= 4 is 5.65 Å². The number of aromatic amines is 1. The maximum atomic E-state index is 5.06. The van der Waals surface area contributed by atoms with Gasteiger partial charge in [0.15, 0.2) is 5.65 Å². The van der Waals surface area contributed by atoms with Crippen molar-refractivity contribution in [1.29, 1.82) is 0 Å². The summed E-state index contributed by atoms with van der Waals surface area (Å²) < 4.78 is 1.78. The van der Waals surface area contributed by atoms with Gasteiger partial charge >= 0.3 is 0 Å². The number of aromatic nitrogens is 6. The molecule has 0 atom stereocenters. The first-order valence-electron chi connectivity index (χ1n) is 10.9. The molecule has 7 heteroatoms. The molecule has 0 spiro atoms. The molecule has 31 heavy (non-hydrogen) atoms. The maximum absolute atomic E-state index is 5.06. The highest BCUT2D eigenvalue weighted by molar-refractivity contribution is 5.77. The second-order valence-electron chi connectivity index (χ2n) is 9.55. The molecular weight excluding hydrogens is 386 g/mol. The number of hydrogen-bond donors (Lipinski definition) is 1. The lowest BCUT2D eigenvalue weighted by molar-refractivity contribution is 0.118. The van der Waals surface area contributed by atoms with E-state index in [1.165, 1.54) is 12.8 Å². The monoisotopic (exact) mass is 415 g/mol. The zero-order chi connectivity index (χ0) is 21.6. The van der Waals surface area contributed by atoms with Crippen LogP contribution in [0, 0.1) is 12.8 Å². The minimum Gasteiger partial charge on any atom is -0.339 e. The fourth-order valence-electron chi connectivity index (χ4n) is 3.90. The van der Waals surface area contributed by atoms with Crippen LogP contribution in [-0.2, 0) is 6.54 Å². The summed E-state index contributed by atoms with van der Waals surface area (Å²) in [5.74, 6) is 1.78. The van der Waals surface area contributed by atoms with Gasteiger partial charge in [0.05, 0.1) is 23.6 Å². The van der Waals surface area contributed by atoms with Crippen LogP contribution in [0.4, 0.5) is 0 Å². The Bertz CT molecular complexity index is 1210. The van der Waals surface area contributed by atoms with E-state index in [9.17, 15) is 0 Å². The second-order valence-corrected chi connectivity index (χ2v) is 9.55. The van der Waals surface area contributed by atoms with E-state index in [4.69, 9.17) is 9.97 Å². The SMILES string of the molecule is Cc1cccc(-c2[nH]c(CN(CC3CC3)C(C)(C)C)nc2-c2ccc3ncnn3c2)n1. The first kappa shape index (κ1) is 19.9. The van der Waals surface area contributed by atoms with Gasteiger partial charge in [0.1, 0.15) is 12.2 Å². The van der Waals surface area contributed by atoms with E-state index < -0.39 is 0 Å². The smallest absolute Gasteiger partial charge is 0.155 e. The van der Waals surface area contributed by atoms with Gasteiger partial charge in [0.2, 0.25) is 0 Å². The molecule has 0 amide bonds. The Morgan fingerprint density at radius 1 is 1.13 bits per heavy atom. The van der Waals surface area contributed by atoms with Gasteiger partial charge in [-0.05, 0) is 70.7 Å². The van der Waals surface area contributed by atoms with Gasteiger partial charge in [-0.3, -0.25) is 9.88 Å². The molecule has 0 radical (unpaired) electrons. The summed E-state index contributed by atoms with van der Waals surface area (Å²) in [5, 5.41) is 4.29. The predicted octanol–water partition coefficient (Wildman–Crippen LogP) is 4.50. The third kappa shape index (κ3) is 4.23. The third-order valence-corrected chi connectivity index (χ3v) is 5.91. The predicted molar refractivity (Wildman–Crippen MR) is 121 cm³/mol. The molecule has 160 valence electrons. The number of imidazole rings is 1. The second kappa shape index (κ2) is 7.57. The molecule has 4 aromatic rings. The molecule has 1 saturated carbocycles. The van der Waals surface area contributed by atoms with Crippen LogP contribution < -0.4 is 0 Å². The molecule has 1 aliphatic rings. The average Bonchev–Trinajstić information content (AvgIpc) is 3.25. The molecule has 1 N–H and O–H groups in total. The third-order valence-electron chi connectivity index (χ3n) is 5.91. The van der Waals surface area contributed by atoms with Crippen LogP contribution in [0.2, 0.25) is 0 Å². The molecule has 0 unspecified atom stereocenters. The zero-order valence-electron chi connectivity index (χ0n) is 18.6. The Morgan fingerprint density at radius 3 is 2.71 bits per heavy atom. The Labute approximate surface area is 182 Å². The van der Waals surface area contributed by atoms with Gasteiger partial charge in [-0.15, -0.1) is 0 Å². The molecule has 7 nitrogen and oxygen atoms in total. The Balaban J connectivity index is 1.57. The van der Waals surface area contributed by atoms with Crippen LogP contribution in [0.5, 0.6) is 0 Å². The lowest BCUT2D eigenvalue weighted by Crippen LogP contribution is -2.42. The minimum atomic E-state index is 0.0803. The van der Waals surface area contributed by atoms with Crippen LogP contribution in [0.3, 0.4) is 0 Å². The zero-order valence-corrected chi connectivity index (χ0v) is 18.6. The summed E-state index contributed by atoms with van der Waals surface area (Å²) in [5.41, 5.74) is 5.61. The van der Waals surface area contributed by atoms with E-state index in [0.717, 1.165) is 58.8 Å². The number of pyridine rings is 2. The molecule has 4 heterocycles. The average molecular weight is 416 g/mol. The number of rotatable bonds is 6. The van der Waals surface area contributed by atoms with Crippen molar-refractivity contribution in [3.63, 3.8) is 0 Å². The van der Waals surface area contributed by atoms with Gasteiger partial charge in [-0.2, -0.15) is 5.10 Å². The van der Waals surface area contributed by atoms with Crippen LogP contribution in [-0.4, -0.2) is 46.5 Å². The van der Waals surface area contributed by atoms with Crippen molar-refractivity contribution in [2.45, 2.75) is 52.6 Å². The summed E-state index contributed by atoms with van der Waals surface area (Å²) in [6.45, 7) is 10.7. The van der Waals surface area contributed by atoms with Crippen molar-refractivity contribution in [2.24, 2.45) is 5.92 Å². The molecule has 0 bridgehead atoms. The van der Waals surface area contributed by atoms with Gasteiger partial charge in [-0.25, -0.2) is 14.5 Å². The Morgan fingerprint density at radius 2 is 1.97 bits per heavy atom. The number of aryl methyl sites for hydroxylation is 1. The highest BCUT2D eigenvalue weighted by Gasteiger charge is 2.31. The van der Waals surface area contributed by atoms with E-state index in [1.807, 2.05) is 37.4 Å². The lowest BCUT2D eigenvalue weighted by Gasteiger charge is -2.35. The van der Waals surface area contributed by atoms with Crippen molar-refractivity contribution in [2.75, 3.05) is 6.54 Å². The van der Waals surface area contributed by atoms with Crippen LogP contribution in [0.25, 0.3) is 28.3 Å². The Hall–Kier alpha value is -3.06. The number of nitrogens with one attached hydrogen (secondary N) is 1. The fourth-order valence-corrected chi connectivity index (χ4v) is 3.90. The minimum absolute atomic E-state index is 0.0803. The summed E-state index contributed by atoms with van der Waals surface area (Å²) in [6, 6.07) is 10.1. The van der Waals surface area contributed by atoms with Crippen molar-refractivity contribution in [1.82, 2.24) is 34.4 Å². The van der Waals surface area contributed by atoms with E-state index in [-0.39, 0.29) is 5.54 Å². The first-order valence-corrected chi connectivity index (χ1v) is 10.9. The molecule has 4 aromatic heterocycles. The van der Waals surface area contributed by atoms with E-state index >= 15 is 0 Å². The van der Waals surface area contributed by atoms with Crippen molar-refractivity contribution < 1.29 is 0 Å². The standard InChI is InChI=1S/C24H29N7/c1-16-6-5-7-19(27-16)23-22(18-10-11-21-25-15-26-31(21)13-18)28-20(29-23)14-30(24(2,3)4)12-17-8-9-17/h5-7,10-11,13,15,17H,8-9,12,14H2,1-4H3,(H,28,29).